The van der Waals surface area contributed by atoms with Gasteiger partial charge in [0.1, 0.15) is 0 Å². The third kappa shape index (κ3) is 5.14. The van der Waals surface area contributed by atoms with Crippen LogP contribution in [0, 0.1) is 5.92 Å². The lowest BCUT2D eigenvalue weighted by Crippen LogP contribution is -2.55. The van der Waals surface area contributed by atoms with E-state index in [0.717, 1.165) is 32.7 Å². The lowest BCUT2D eigenvalue weighted by molar-refractivity contribution is -0.125. The molecule has 1 rings (SSSR count). The number of nitrogens with zero attached hydrogens (tertiary/aromatic N) is 2. The van der Waals surface area contributed by atoms with Crippen molar-refractivity contribution in [3.8, 4) is 0 Å². The topological polar surface area (TPSA) is 105 Å². The molecule has 1 saturated heterocycles. The lowest BCUT2D eigenvalue weighted by Gasteiger charge is -2.38. The van der Waals surface area contributed by atoms with Crippen molar-refractivity contribution < 1.29 is 9.59 Å². The minimum Gasteiger partial charge on any atom is -0.351 e. The van der Waals surface area contributed by atoms with Gasteiger partial charge in [-0.2, -0.15) is 0 Å². The average molecular weight is 271 g/mol. The summed E-state index contributed by atoms with van der Waals surface area (Å²) in [6.45, 7) is 9.06. The van der Waals surface area contributed by atoms with Gasteiger partial charge in [0.2, 0.25) is 5.91 Å². The van der Waals surface area contributed by atoms with Crippen LogP contribution in [-0.2, 0) is 4.79 Å². The van der Waals surface area contributed by atoms with Gasteiger partial charge in [0, 0.05) is 32.7 Å². The third-order valence-electron chi connectivity index (χ3n) is 3.55. The molecule has 0 aromatic rings. The van der Waals surface area contributed by atoms with Gasteiger partial charge in [0.15, 0.2) is 0 Å². The molecule has 0 spiro atoms. The molecule has 0 aliphatic carbocycles. The number of primary amides is 1. The Balaban J connectivity index is 2.36. The van der Waals surface area contributed by atoms with Gasteiger partial charge in [0.05, 0.1) is 6.04 Å². The first-order valence-electron chi connectivity index (χ1n) is 6.70. The number of carbonyl (C=O) groups excluding carboxylic acids is 2. The van der Waals surface area contributed by atoms with Gasteiger partial charge in [-0.3, -0.25) is 15.0 Å². The second-order valence-corrected chi connectivity index (χ2v) is 5.21. The molecule has 3 amide bonds. The fourth-order valence-electron chi connectivity index (χ4n) is 2.24. The van der Waals surface area contributed by atoms with Gasteiger partial charge in [0.25, 0.3) is 0 Å². The number of imide groups is 1. The summed E-state index contributed by atoms with van der Waals surface area (Å²) < 4.78 is 0. The number of urea groups is 1. The van der Waals surface area contributed by atoms with Gasteiger partial charge in [-0.05, 0) is 19.4 Å². The van der Waals surface area contributed by atoms with E-state index in [-0.39, 0.29) is 11.9 Å². The van der Waals surface area contributed by atoms with E-state index >= 15 is 0 Å². The minimum absolute atomic E-state index is 0.332. The first-order valence-corrected chi connectivity index (χ1v) is 6.70. The zero-order valence-corrected chi connectivity index (χ0v) is 11.8. The Morgan fingerprint density at radius 1 is 1.21 bits per heavy atom. The summed E-state index contributed by atoms with van der Waals surface area (Å²) >= 11 is 0. The molecule has 1 aliphatic heterocycles. The molecule has 1 heterocycles. The number of carbonyl (C=O) groups is 2. The van der Waals surface area contributed by atoms with Crippen LogP contribution in [-0.4, -0.2) is 67.0 Å². The largest absolute Gasteiger partial charge is 0.351 e. The molecular formula is C12H25N5O2. The van der Waals surface area contributed by atoms with Gasteiger partial charge < -0.3 is 16.4 Å². The van der Waals surface area contributed by atoms with Crippen molar-refractivity contribution in [2.24, 2.45) is 17.4 Å². The van der Waals surface area contributed by atoms with Crippen LogP contribution in [0.5, 0.6) is 0 Å². The maximum Gasteiger partial charge on any atom is 0.318 e. The smallest absolute Gasteiger partial charge is 0.318 e. The van der Waals surface area contributed by atoms with Crippen LogP contribution in [0.2, 0.25) is 0 Å². The van der Waals surface area contributed by atoms with E-state index in [1.165, 1.54) is 0 Å². The quantitative estimate of drug-likeness (QED) is 0.581. The molecule has 0 bridgehead atoms. The molecule has 5 N–H and O–H groups in total. The van der Waals surface area contributed by atoms with Crippen molar-refractivity contribution in [2.45, 2.75) is 19.9 Å². The van der Waals surface area contributed by atoms with E-state index in [1.807, 2.05) is 0 Å². The number of nitrogens with two attached hydrogens (primary N) is 2. The SMILES string of the molecule is CC(CN)CN1CCN(C(C)C(=O)NC(N)=O)CC1. The van der Waals surface area contributed by atoms with Crippen LogP contribution in [0.15, 0.2) is 0 Å². The summed E-state index contributed by atoms with van der Waals surface area (Å²) in [6.07, 6.45) is 0. The minimum atomic E-state index is -0.799. The van der Waals surface area contributed by atoms with E-state index in [0.29, 0.717) is 12.5 Å². The second-order valence-electron chi connectivity index (χ2n) is 5.21. The number of rotatable bonds is 5. The molecule has 0 aromatic heterocycles. The molecule has 2 unspecified atom stereocenters. The maximum absolute atomic E-state index is 11.7. The molecule has 110 valence electrons. The summed E-state index contributed by atoms with van der Waals surface area (Å²) in [6, 6.07) is -1.13. The summed E-state index contributed by atoms with van der Waals surface area (Å²) in [4.78, 5) is 26.7. The van der Waals surface area contributed by atoms with Crippen molar-refractivity contribution in [2.75, 3.05) is 39.3 Å². The monoisotopic (exact) mass is 271 g/mol. The summed E-state index contributed by atoms with van der Waals surface area (Å²) in [5, 5.41) is 2.12. The lowest BCUT2D eigenvalue weighted by atomic mass is 10.1. The fraction of sp³-hybridized carbons (Fsp3) is 0.833. The molecule has 7 heteroatoms. The number of amides is 3. The summed E-state index contributed by atoms with van der Waals surface area (Å²) in [7, 11) is 0. The van der Waals surface area contributed by atoms with Crippen LogP contribution in [0.1, 0.15) is 13.8 Å². The summed E-state index contributed by atoms with van der Waals surface area (Å²) in [5.41, 5.74) is 10.6. The van der Waals surface area contributed by atoms with Crippen molar-refractivity contribution in [3.05, 3.63) is 0 Å². The Morgan fingerprint density at radius 3 is 2.26 bits per heavy atom. The number of hydrogen-bond donors (Lipinski definition) is 3. The van der Waals surface area contributed by atoms with Crippen LogP contribution in [0.4, 0.5) is 4.79 Å². The predicted octanol–water partition coefficient (Wildman–Crippen LogP) is -1.22. The fourth-order valence-corrected chi connectivity index (χ4v) is 2.24. The number of nitrogens with one attached hydrogen (secondary N) is 1. The molecule has 1 fully saturated rings. The van der Waals surface area contributed by atoms with Crippen molar-refractivity contribution in [1.29, 1.82) is 0 Å². The Morgan fingerprint density at radius 2 is 1.79 bits per heavy atom. The Kier molecular flexibility index (Phi) is 6.20. The Labute approximate surface area is 114 Å². The first-order chi connectivity index (χ1) is 8.93. The highest BCUT2D eigenvalue weighted by atomic mass is 16.2. The molecule has 2 atom stereocenters. The maximum atomic E-state index is 11.7. The normalized spacial score (nSPS) is 20.8. The number of piperazine rings is 1. The molecule has 19 heavy (non-hydrogen) atoms. The summed E-state index contributed by atoms with van der Waals surface area (Å²) in [5.74, 6) is 0.151. The Bertz CT molecular complexity index is 315. The van der Waals surface area contributed by atoms with Crippen LogP contribution in [0.25, 0.3) is 0 Å². The zero-order valence-electron chi connectivity index (χ0n) is 11.8. The van der Waals surface area contributed by atoms with Crippen LogP contribution >= 0.6 is 0 Å². The molecule has 0 saturated carbocycles. The average Bonchev–Trinajstić information content (AvgIpc) is 2.37. The highest BCUT2D eigenvalue weighted by Gasteiger charge is 2.26. The molecular weight excluding hydrogens is 246 g/mol. The van der Waals surface area contributed by atoms with E-state index in [2.05, 4.69) is 22.0 Å². The van der Waals surface area contributed by atoms with Crippen molar-refractivity contribution in [3.63, 3.8) is 0 Å². The van der Waals surface area contributed by atoms with Gasteiger partial charge in [-0.1, -0.05) is 6.92 Å². The van der Waals surface area contributed by atoms with Crippen molar-refractivity contribution in [1.82, 2.24) is 15.1 Å². The van der Waals surface area contributed by atoms with Crippen LogP contribution in [0.3, 0.4) is 0 Å². The van der Waals surface area contributed by atoms with Crippen LogP contribution < -0.4 is 16.8 Å². The molecule has 7 nitrogen and oxygen atoms in total. The van der Waals surface area contributed by atoms with Gasteiger partial charge in [-0.15, -0.1) is 0 Å². The number of hydrogen-bond acceptors (Lipinski definition) is 5. The van der Waals surface area contributed by atoms with Gasteiger partial charge >= 0.3 is 6.03 Å². The molecule has 1 aliphatic rings. The van der Waals surface area contributed by atoms with E-state index in [9.17, 15) is 9.59 Å². The molecule has 0 aromatic carbocycles. The standard InChI is InChI=1S/C12H25N5O2/c1-9(7-13)8-16-3-5-17(6-4-16)10(2)11(18)15-12(14)19/h9-10H,3-8,13H2,1-2H3,(H3,14,15,18,19). The third-order valence-corrected chi connectivity index (χ3v) is 3.55. The van der Waals surface area contributed by atoms with Crippen molar-refractivity contribution >= 4 is 11.9 Å². The Hall–Kier alpha value is -1.18. The van der Waals surface area contributed by atoms with E-state index in [1.54, 1.807) is 6.92 Å². The molecule has 0 radical (unpaired) electrons. The highest BCUT2D eigenvalue weighted by molar-refractivity contribution is 5.96. The first kappa shape index (κ1) is 15.9. The van der Waals surface area contributed by atoms with Gasteiger partial charge in [-0.25, -0.2) is 4.79 Å². The highest BCUT2D eigenvalue weighted by Crippen LogP contribution is 2.08. The van der Waals surface area contributed by atoms with E-state index < -0.39 is 6.03 Å². The second kappa shape index (κ2) is 7.42. The van der Waals surface area contributed by atoms with E-state index in [4.69, 9.17) is 11.5 Å². The predicted molar refractivity (Wildman–Crippen MR) is 73.4 cm³/mol. The zero-order chi connectivity index (χ0) is 14.4.